The van der Waals surface area contributed by atoms with Gasteiger partial charge in [0.15, 0.2) is 0 Å². The fourth-order valence-corrected chi connectivity index (χ4v) is 2.68. The van der Waals surface area contributed by atoms with Gasteiger partial charge in [-0.15, -0.1) is 0 Å². The van der Waals surface area contributed by atoms with E-state index >= 15 is 0 Å². The van der Waals surface area contributed by atoms with Crippen LogP contribution in [0, 0.1) is 6.92 Å². The van der Waals surface area contributed by atoms with Crippen molar-refractivity contribution >= 4 is 11.7 Å². The molecular weight excluding hydrogens is 254 g/mol. The number of carbonyl (C=O) groups is 1. The first-order chi connectivity index (χ1) is 9.63. The van der Waals surface area contributed by atoms with E-state index in [1.807, 2.05) is 19.2 Å². The van der Waals surface area contributed by atoms with E-state index in [0.29, 0.717) is 12.1 Å². The molecule has 0 fully saturated rings. The summed E-state index contributed by atoms with van der Waals surface area (Å²) >= 11 is 0. The zero-order chi connectivity index (χ0) is 14.1. The quantitative estimate of drug-likeness (QED) is 0.896. The number of aromatic nitrogens is 2. The second-order valence-corrected chi connectivity index (χ2v) is 5.19. The fourth-order valence-electron chi connectivity index (χ4n) is 2.68. The molecule has 5 nitrogen and oxygen atoms in total. The Morgan fingerprint density at radius 1 is 1.45 bits per heavy atom. The Balaban J connectivity index is 1.76. The largest absolute Gasteiger partial charge is 0.478 e. The minimum absolute atomic E-state index is 0.313. The molecule has 20 heavy (non-hydrogen) atoms. The van der Waals surface area contributed by atoms with Crippen LogP contribution in [-0.2, 0) is 19.5 Å². The fraction of sp³-hybridized carbons (Fsp3) is 0.333. The highest BCUT2D eigenvalue weighted by Crippen LogP contribution is 2.20. The summed E-state index contributed by atoms with van der Waals surface area (Å²) in [6.07, 6.45) is 4.13. The van der Waals surface area contributed by atoms with Crippen molar-refractivity contribution in [1.82, 2.24) is 9.78 Å². The van der Waals surface area contributed by atoms with Gasteiger partial charge in [0.25, 0.3) is 0 Å². The van der Waals surface area contributed by atoms with E-state index in [9.17, 15) is 4.79 Å². The molecular formula is C15H17N3O2. The van der Waals surface area contributed by atoms with E-state index < -0.39 is 5.97 Å². The first-order valence-electron chi connectivity index (χ1n) is 6.76. The molecule has 3 rings (SSSR count). The molecule has 0 radical (unpaired) electrons. The SMILES string of the molecule is Cc1cc(NCc2cnn3c2CCC3)cc(C(=O)O)c1. The van der Waals surface area contributed by atoms with E-state index in [1.165, 1.54) is 11.3 Å². The zero-order valence-electron chi connectivity index (χ0n) is 11.4. The normalized spacial score (nSPS) is 13.2. The third-order valence-electron chi connectivity index (χ3n) is 3.63. The Bertz CT molecular complexity index is 661. The van der Waals surface area contributed by atoms with E-state index in [2.05, 4.69) is 15.1 Å². The van der Waals surface area contributed by atoms with Crippen LogP contribution >= 0.6 is 0 Å². The highest BCUT2D eigenvalue weighted by Gasteiger charge is 2.15. The average Bonchev–Trinajstić information content (AvgIpc) is 2.98. The summed E-state index contributed by atoms with van der Waals surface area (Å²) in [5.74, 6) is -0.900. The number of rotatable bonds is 4. The number of nitrogens with one attached hydrogen (secondary N) is 1. The first-order valence-corrected chi connectivity index (χ1v) is 6.76. The molecule has 104 valence electrons. The number of fused-ring (bicyclic) bond motifs is 1. The zero-order valence-corrected chi connectivity index (χ0v) is 11.4. The van der Waals surface area contributed by atoms with Crippen LogP contribution in [0.15, 0.2) is 24.4 Å². The molecule has 2 heterocycles. The van der Waals surface area contributed by atoms with Crippen molar-refractivity contribution in [2.24, 2.45) is 0 Å². The molecule has 2 N–H and O–H groups in total. The number of carboxylic acid groups (broad SMARTS) is 1. The maximum Gasteiger partial charge on any atom is 0.335 e. The number of aryl methyl sites for hydroxylation is 2. The van der Waals surface area contributed by atoms with Gasteiger partial charge >= 0.3 is 5.97 Å². The number of nitrogens with zero attached hydrogens (tertiary/aromatic N) is 2. The number of benzene rings is 1. The number of aromatic carboxylic acids is 1. The molecule has 1 aliphatic rings. The average molecular weight is 271 g/mol. The number of hydrogen-bond acceptors (Lipinski definition) is 3. The molecule has 0 saturated carbocycles. The molecule has 5 heteroatoms. The van der Waals surface area contributed by atoms with Crippen molar-refractivity contribution in [3.05, 3.63) is 46.8 Å². The summed E-state index contributed by atoms with van der Waals surface area (Å²) < 4.78 is 2.05. The minimum atomic E-state index is -0.900. The van der Waals surface area contributed by atoms with Gasteiger partial charge in [-0.05, 0) is 43.5 Å². The van der Waals surface area contributed by atoms with Crippen molar-refractivity contribution in [3.63, 3.8) is 0 Å². The molecule has 1 aliphatic heterocycles. The maximum absolute atomic E-state index is 11.1. The van der Waals surface area contributed by atoms with Gasteiger partial charge in [0.05, 0.1) is 11.8 Å². The standard InChI is InChI=1S/C15H17N3O2/c1-10-5-11(15(19)20)7-13(6-10)16-8-12-9-17-18-4-2-3-14(12)18/h5-7,9,16H,2-4,8H2,1H3,(H,19,20). The number of hydrogen-bond donors (Lipinski definition) is 2. The predicted molar refractivity (Wildman–Crippen MR) is 76.0 cm³/mol. The van der Waals surface area contributed by atoms with Gasteiger partial charge < -0.3 is 10.4 Å². The molecule has 0 aliphatic carbocycles. The van der Waals surface area contributed by atoms with Crippen molar-refractivity contribution in [3.8, 4) is 0 Å². The van der Waals surface area contributed by atoms with Gasteiger partial charge in [0, 0.05) is 30.0 Å². The van der Waals surface area contributed by atoms with E-state index in [1.54, 1.807) is 12.1 Å². The van der Waals surface area contributed by atoms with Crippen molar-refractivity contribution in [2.75, 3.05) is 5.32 Å². The maximum atomic E-state index is 11.1. The lowest BCUT2D eigenvalue weighted by Gasteiger charge is -2.08. The van der Waals surface area contributed by atoms with Crippen molar-refractivity contribution in [2.45, 2.75) is 32.9 Å². The van der Waals surface area contributed by atoms with Crippen LogP contribution in [0.5, 0.6) is 0 Å². The molecule has 0 saturated heterocycles. The second kappa shape index (κ2) is 5.00. The van der Waals surface area contributed by atoms with Gasteiger partial charge in [-0.3, -0.25) is 4.68 Å². The van der Waals surface area contributed by atoms with Crippen LogP contribution in [0.2, 0.25) is 0 Å². The molecule has 0 atom stereocenters. The van der Waals surface area contributed by atoms with Crippen LogP contribution in [0.4, 0.5) is 5.69 Å². The van der Waals surface area contributed by atoms with Crippen LogP contribution in [0.25, 0.3) is 0 Å². The number of anilines is 1. The topological polar surface area (TPSA) is 67.2 Å². The third-order valence-corrected chi connectivity index (χ3v) is 3.63. The molecule has 0 unspecified atom stereocenters. The molecule has 0 spiro atoms. The highest BCUT2D eigenvalue weighted by molar-refractivity contribution is 5.89. The summed E-state index contributed by atoms with van der Waals surface area (Å²) in [4.78, 5) is 11.1. The van der Waals surface area contributed by atoms with Crippen molar-refractivity contribution in [1.29, 1.82) is 0 Å². The Labute approximate surface area is 117 Å². The molecule has 2 aromatic rings. The highest BCUT2D eigenvalue weighted by atomic mass is 16.4. The van der Waals surface area contributed by atoms with E-state index in [0.717, 1.165) is 30.6 Å². The van der Waals surface area contributed by atoms with Gasteiger partial charge in [-0.25, -0.2) is 4.79 Å². The van der Waals surface area contributed by atoms with Gasteiger partial charge in [0.2, 0.25) is 0 Å². The van der Waals surface area contributed by atoms with Crippen LogP contribution < -0.4 is 5.32 Å². The summed E-state index contributed by atoms with van der Waals surface area (Å²) in [7, 11) is 0. The summed E-state index contributed by atoms with van der Waals surface area (Å²) in [6.45, 7) is 3.58. The second-order valence-electron chi connectivity index (χ2n) is 5.19. The van der Waals surface area contributed by atoms with Crippen LogP contribution in [0.3, 0.4) is 0 Å². The first kappa shape index (κ1) is 12.7. The molecule has 0 amide bonds. The Kier molecular flexibility index (Phi) is 3.18. The Hall–Kier alpha value is -2.30. The van der Waals surface area contributed by atoms with E-state index in [4.69, 9.17) is 5.11 Å². The summed E-state index contributed by atoms with van der Waals surface area (Å²) in [5, 5.41) is 16.7. The predicted octanol–water partition coefficient (Wildman–Crippen LogP) is 2.45. The monoisotopic (exact) mass is 271 g/mol. The molecule has 1 aromatic heterocycles. The minimum Gasteiger partial charge on any atom is -0.478 e. The van der Waals surface area contributed by atoms with Gasteiger partial charge in [-0.1, -0.05) is 0 Å². The van der Waals surface area contributed by atoms with E-state index in [-0.39, 0.29) is 0 Å². The Morgan fingerprint density at radius 3 is 3.10 bits per heavy atom. The van der Waals surface area contributed by atoms with Gasteiger partial charge in [-0.2, -0.15) is 5.10 Å². The molecule has 0 bridgehead atoms. The van der Waals surface area contributed by atoms with Gasteiger partial charge in [0.1, 0.15) is 0 Å². The van der Waals surface area contributed by atoms with Crippen LogP contribution in [-0.4, -0.2) is 20.9 Å². The van der Waals surface area contributed by atoms with Crippen molar-refractivity contribution < 1.29 is 9.90 Å². The smallest absolute Gasteiger partial charge is 0.335 e. The lowest BCUT2D eigenvalue weighted by Crippen LogP contribution is -2.04. The lowest BCUT2D eigenvalue weighted by atomic mass is 10.1. The third kappa shape index (κ3) is 2.39. The van der Waals surface area contributed by atoms with Crippen LogP contribution in [0.1, 0.15) is 33.6 Å². The lowest BCUT2D eigenvalue weighted by molar-refractivity contribution is 0.0697. The number of carboxylic acids is 1. The summed E-state index contributed by atoms with van der Waals surface area (Å²) in [5.41, 5.74) is 4.57. The summed E-state index contributed by atoms with van der Waals surface area (Å²) in [6, 6.07) is 5.29. The Morgan fingerprint density at radius 2 is 2.30 bits per heavy atom. The molecule has 1 aromatic carbocycles.